The summed E-state index contributed by atoms with van der Waals surface area (Å²) < 4.78 is 23.6. The Kier molecular flexibility index (Phi) is 6.90. The Morgan fingerprint density at radius 3 is 2.62 bits per heavy atom. The lowest BCUT2D eigenvalue weighted by molar-refractivity contribution is -0.137. The van der Waals surface area contributed by atoms with E-state index in [9.17, 15) is 9.59 Å². The second-order valence-corrected chi connectivity index (χ2v) is 10.4. The van der Waals surface area contributed by atoms with E-state index >= 15 is 0 Å². The third-order valence-electron chi connectivity index (χ3n) is 7.12. The first-order valence-corrected chi connectivity index (χ1v) is 13.8. The van der Waals surface area contributed by atoms with Crippen molar-refractivity contribution in [2.75, 3.05) is 38.5 Å². The van der Waals surface area contributed by atoms with Crippen LogP contribution in [0, 0.1) is 0 Å². The number of carbonyl (C=O) groups is 2. The second kappa shape index (κ2) is 10.6. The Morgan fingerprint density at radius 2 is 1.85 bits per heavy atom. The molecular formula is C28H28N4O6S. The van der Waals surface area contributed by atoms with Gasteiger partial charge in [-0.05, 0) is 47.7 Å². The van der Waals surface area contributed by atoms with Gasteiger partial charge in [0.05, 0.1) is 33.2 Å². The number of ether oxygens (including phenoxy) is 4. The molecule has 0 fully saturated rings. The largest absolute Gasteiger partial charge is 0.497 e. The maximum absolute atomic E-state index is 13.8. The van der Waals surface area contributed by atoms with Crippen LogP contribution in [0.3, 0.4) is 0 Å². The molecule has 39 heavy (non-hydrogen) atoms. The van der Waals surface area contributed by atoms with E-state index in [4.69, 9.17) is 24.0 Å². The summed E-state index contributed by atoms with van der Waals surface area (Å²) in [5.74, 6) is 2.40. The molecule has 10 nitrogen and oxygen atoms in total. The fourth-order valence-corrected chi connectivity index (χ4v) is 5.87. The van der Waals surface area contributed by atoms with Crippen LogP contribution in [-0.2, 0) is 14.3 Å². The topological polar surface area (TPSA) is 114 Å². The predicted octanol–water partition coefficient (Wildman–Crippen LogP) is 4.13. The van der Waals surface area contributed by atoms with E-state index in [0.29, 0.717) is 54.2 Å². The smallest absolute Gasteiger partial charge is 0.316 e. The van der Waals surface area contributed by atoms with Gasteiger partial charge in [-0.3, -0.25) is 9.59 Å². The van der Waals surface area contributed by atoms with Crippen LogP contribution < -0.4 is 19.5 Å². The number of aromatic nitrogens is 3. The third kappa shape index (κ3) is 4.94. The Labute approximate surface area is 229 Å². The first-order valence-electron chi connectivity index (χ1n) is 12.8. The molecule has 11 heteroatoms. The summed E-state index contributed by atoms with van der Waals surface area (Å²) in [6.45, 7) is 1.15. The zero-order valence-electron chi connectivity index (χ0n) is 21.6. The van der Waals surface area contributed by atoms with Crippen molar-refractivity contribution in [3.8, 4) is 17.2 Å². The van der Waals surface area contributed by atoms with Crippen molar-refractivity contribution in [2.24, 2.45) is 0 Å². The Hall–Kier alpha value is -3.99. The highest BCUT2D eigenvalue weighted by Crippen LogP contribution is 2.46. The van der Waals surface area contributed by atoms with Gasteiger partial charge in [0.1, 0.15) is 11.8 Å². The third-order valence-corrected chi connectivity index (χ3v) is 7.93. The van der Waals surface area contributed by atoms with Gasteiger partial charge in [0.2, 0.25) is 11.1 Å². The van der Waals surface area contributed by atoms with Crippen LogP contribution in [0.2, 0.25) is 0 Å². The van der Waals surface area contributed by atoms with Crippen LogP contribution in [-0.4, -0.2) is 59.7 Å². The number of carbonyl (C=O) groups excluding carboxylic acids is 2. The Balaban J connectivity index is 1.39. The predicted molar refractivity (Wildman–Crippen MR) is 144 cm³/mol. The molecule has 3 aromatic rings. The number of methoxy groups -OCH3 is 2. The number of esters is 1. The number of rotatable bonds is 6. The standard InChI is InChI=1S/C28H28N4O6S/c1-35-19-7-4-16(5-8-19)18-12-20-25(21(33)13-18)26(17-6-9-22-23(14-17)38-11-3-10-37-22)32-27(29-20)30-28(31-32)39-15-24(34)36-2/h4-9,14,18,26H,3,10-13,15H2,1-2H3,(H,29,30,31). The van der Waals surface area contributed by atoms with Crippen LogP contribution in [0.15, 0.2) is 58.9 Å². The van der Waals surface area contributed by atoms with Crippen LogP contribution in [0.1, 0.15) is 42.3 Å². The zero-order valence-corrected chi connectivity index (χ0v) is 22.5. The van der Waals surface area contributed by atoms with Crippen molar-refractivity contribution in [3.63, 3.8) is 0 Å². The van der Waals surface area contributed by atoms with E-state index in [-0.39, 0.29) is 23.4 Å². The first kappa shape index (κ1) is 25.3. The molecule has 2 unspecified atom stereocenters. The molecule has 0 saturated carbocycles. The normalized spacial score (nSPS) is 19.9. The van der Waals surface area contributed by atoms with E-state index in [1.165, 1.54) is 18.9 Å². The van der Waals surface area contributed by atoms with Crippen molar-refractivity contribution >= 4 is 29.5 Å². The number of nitrogens with one attached hydrogen (secondary N) is 1. The van der Waals surface area contributed by atoms with Crippen LogP contribution in [0.25, 0.3) is 0 Å². The number of nitrogens with zero attached hydrogens (tertiary/aromatic N) is 3. The molecule has 6 rings (SSSR count). The van der Waals surface area contributed by atoms with Crippen molar-refractivity contribution < 1.29 is 28.5 Å². The van der Waals surface area contributed by atoms with Gasteiger partial charge in [0.15, 0.2) is 17.3 Å². The molecule has 1 N–H and O–H groups in total. The summed E-state index contributed by atoms with van der Waals surface area (Å²) >= 11 is 1.19. The fraction of sp³-hybridized carbons (Fsp3) is 0.357. The fourth-order valence-electron chi connectivity index (χ4n) is 5.21. The number of allylic oxidation sites excluding steroid dienone is 2. The van der Waals surface area contributed by atoms with Crippen molar-refractivity contribution in [2.45, 2.75) is 36.4 Å². The molecule has 3 aliphatic rings. The maximum atomic E-state index is 13.8. The SMILES string of the molecule is COC(=O)CSc1nc2n(n1)C(c1ccc3c(c1)OCCCO3)C1=C(CC(c3ccc(OC)cc3)CC1=O)N2. The number of Topliss-reactive ketones (excluding diaryl/α,β-unsaturated/α-hetero) is 1. The lowest BCUT2D eigenvalue weighted by atomic mass is 9.78. The number of benzene rings is 2. The zero-order chi connectivity index (χ0) is 26.9. The van der Waals surface area contributed by atoms with E-state index in [0.717, 1.165) is 29.0 Å². The monoisotopic (exact) mass is 548 g/mol. The number of fused-ring (bicyclic) bond motifs is 2. The first-order chi connectivity index (χ1) is 19.0. The van der Waals surface area contributed by atoms with Gasteiger partial charge in [-0.2, -0.15) is 4.98 Å². The molecule has 202 valence electrons. The van der Waals surface area contributed by atoms with Gasteiger partial charge in [0, 0.05) is 24.1 Å². The number of hydrogen-bond donors (Lipinski definition) is 1. The highest BCUT2D eigenvalue weighted by molar-refractivity contribution is 7.99. The van der Waals surface area contributed by atoms with Crippen molar-refractivity contribution in [1.82, 2.24) is 14.8 Å². The summed E-state index contributed by atoms with van der Waals surface area (Å²) in [6.07, 6.45) is 1.82. The molecule has 0 spiro atoms. The van der Waals surface area contributed by atoms with E-state index in [1.54, 1.807) is 11.8 Å². The highest BCUT2D eigenvalue weighted by Gasteiger charge is 2.40. The minimum atomic E-state index is -0.502. The summed E-state index contributed by atoms with van der Waals surface area (Å²) in [7, 11) is 2.98. The molecule has 3 heterocycles. The van der Waals surface area contributed by atoms with Gasteiger partial charge in [-0.25, -0.2) is 4.68 Å². The summed E-state index contributed by atoms with van der Waals surface area (Å²) in [6, 6.07) is 13.1. The number of ketones is 1. The molecule has 0 saturated heterocycles. The lowest BCUT2D eigenvalue weighted by Gasteiger charge is -2.35. The quantitative estimate of drug-likeness (QED) is 0.356. The minimum absolute atomic E-state index is 0.0155. The summed E-state index contributed by atoms with van der Waals surface area (Å²) in [4.78, 5) is 30.2. The maximum Gasteiger partial charge on any atom is 0.316 e. The number of hydrogen-bond acceptors (Lipinski definition) is 10. The van der Waals surface area contributed by atoms with E-state index in [1.807, 2.05) is 42.5 Å². The summed E-state index contributed by atoms with van der Waals surface area (Å²) in [5.41, 5.74) is 3.41. The lowest BCUT2D eigenvalue weighted by Crippen LogP contribution is -2.33. The molecule has 0 bridgehead atoms. The molecule has 2 atom stereocenters. The van der Waals surface area contributed by atoms with E-state index < -0.39 is 6.04 Å². The van der Waals surface area contributed by atoms with Crippen LogP contribution in [0.4, 0.5) is 5.95 Å². The van der Waals surface area contributed by atoms with Gasteiger partial charge in [0.25, 0.3) is 0 Å². The number of anilines is 1. The van der Waals surface area contributed by atoms with Crippen LogP contribution in [0.5, 0.6) is 17.2 Å². The average Bonchev–Trinajstić information content (AvgIpc) is 3.22. The summed E-state index contributed by atoms with van der Waals surface area (Å²) in [5, 5.41) is 8.49. The van der Waals surface area contributed by atoms with Gasteiger partial charge in [-0.15, -0.1) is 5.10 Å². The minimum Gasteiger partial charge on any atom is -0.497 e. The second-order valence-electron chi connectivity index (χ2n) is 9.51. The molecule has 1 aromatic heterocycles. The Morgan fingerprint density at radius 1 is 1.08 bits per heavy atom. The van der Waals surface area contributed by atoms with Gasteiger partial charge in [-0.1, -0.05) is 30.0 Å². The molecule has 2 aromatic carbocycles. The molecule has 1 aliphatic carbocycles. The van der Waals surface area contributed by atoms with E-state index in [2.05, 4.69) is 10.3 Å². The molecule has 0 radical (unpaired) electrons. The molecule has 0 amide bonds. The van der Waals surface area contributed by atoms with Gasteiger partial charge < -0.3 is 24.3 Å². The van der Waals surface area contributed by atoms with Gasteiger partial charge >= 0.3 is 5.97 Å². The van der Waals surface area contributed by atoms with Crippen molar-refractivity contribution in [1.29, 1.82) is 0 Å². The highest BCUT2D eigenvalue weighted by atomic mass is 32.2. The Bertz CT molecular complexity index is 1450. The molecular weight excluding hydrogens is 520 g/mol. The average molecular weight is 549 g/mol. The molecule has 2 aliphatic heterocycles. The van der Waals surface area contributed by atoms with Crippen LogP contribution >= 0.6 is 11.8 Å². The van der Waals surface area contributed by atoms with Crippen molar-refractivity contribution in [3.05, 3.63) is 64.9 Å². The number of thioether (sulfide) groups is 1.